The molecular formula is C17H16BrN5O2. The van der Waals surface area contributed by atoms with Crippen molar-refractivity contribution in [3.63, 3.8) is 0 Å². The molecule has 1 aromatic carbocycles. The van der Waals surface area contributed by atoms with Gasteiger partial charge in [0.25, 0.3) is 5.69 Å². The van der Waals surface area contributed by atoms with Gasteiger partial charge in [0.2, 0.25) is 0 Å². The lowest BCUT2D eigenvalue weighted by atomic mass is 10.2. The van der Waals surface area contributed by atoms with Crippen molar-refractivity contribution < 1.29 is 4.92 Å². The zero-order chi connectivity index (χ0) is 18.0. The molecule has 0 saturated heterocycles. The molecule has 8 heteroatoms. The Kier molecular flexibility index (Phi) is 4.80. The van der Waals surface area contributed by atoms with Crippen LogP contribution in [-0.2, 0) is 0 Å². The maximum atomic E-state index is 10.9. The summed E-state index contributed by atoms with van der Waals surface area (Å²) in [6, 6.07) is 10.9. The van der Waals surface area contributed by atoms with Crippen LogP contribution in [0.3, 0.4) is 0 Å². The van der Waals surface area contributed by atoms with Crippen LogP contribution >= 0.6 is 15.9 Å². The van der Waals surface area contributed by atoms with E-state index in [1.807, 2.05) is 31.2 Å². The summed E-state index contributed by atoms with van der Waals surface area (Å²) in [6.45, 7) is 3.56. The number of hydrogen-bond acceptors (Lipinski definition) is 5. The van der Waals surface area contributed by atoms with E-state index >= 15 is 0 Å². The van der Waals surface area contributed by atoms with Gasteiger partial charge in [0.1, 0.15) is 17.3 Å². The lowest BCUT2D eigenvalue weighted by Crippen LogP contribution is -2.10. The van der Waals surface area contributed by atoms with Gasteiger partial charge in [0.05, 0.1) is 22.9 Å². The summed E-state index contributed by atoms with van der Waals surface area (Å²) < 4.78 is 1.02. The SMILES string of the molecule is Cc1nc(N[C@H](C)c2ncc(-c3ccc(Br)cc3)[nH]2)ccc1[N+](=O)[O-]. The first-order chi connectivity index (χ1) is 11.9. The number of aromatic amines is 1. The van der Waals surface area contributed by atoms with E-state index in [0.717, 1.165) is 21.6 Å². The summed E-state index contributed by atoms with van der Waals surface area (Å²) in [7, 11) is 0. The standard InChI is InChI=1S/C17H16BrN5O2/c1-10-15(23(24)25)7-8-16(20-10)21-11(2)17-19-9-14(22-17)12-3-5-13(18)6-4-12/h3-9,11H,1-2H3,(H,19,22)(H,20,21)/t11-/m1/s1. The Morgan fingerprint density at radius 2 is 1.96 bits per heavy atom. The van der Waals surface area contributed by atoms with Crippen LogP contribution in [0.25, 0.3) is 11.3 Å². The van der Waals surface area contributed by atoms with Crippen molar-refractivity contribution >= 4 is 27.4 Å². The molecule has 0 aliphatic rings. The van der Waals surface area contributed by atoms with E-state index in [0.29, 0.717) is 11.5 Å². The van der Waals surface area contributed by atoms with Crippen LogP contribution in [0.2, 0.25) is 0 Å². The Morgan fingerprint density at radius 3 is 2.60 bits per heavy atom. The van der Waals surface area contributed by atoms with Crippen LogP contribution in [-0.4, -0.2) is 19.9 Å². The van der Waals surface area contributed by atoms with Gasteiger partial charge < -0.3 is 10.3 Å². The van der Waals surface area contributed by atoms with Gasteiger partial charge in [-0.05, 0) is 37.6 Å². The molecule has 2 aromatic heterocycles. The fourth-order valence-electron chi connectivity index (χ4n) is 2.45. The first-order valence-corrected chi connectivity index (χ1v) is 8.43. The van der Waals surface area contributed by atoms with E-state index in [2.05, 4.69) is 36.2 Å². The molecule has 2 N–H and O–H groups in total. The maximum Gasteiger partial charge on any atom is 0.290 e. The van der Waals surface area contributed by atoms with Gasteiger partial charge in [0, 0.05) is 10.5 Å². The number of halogens is 1. The van der Waals surface area contributed by atoms with E-state index in [4.69, 9.17) is 0 Å². The van der Waals surface area contributed by atoms with Gasteiger partial charge in [-0.1, -0.05) is 28.1 Å². The molecule has 0 unspecified atom stereocenters. The van der Waals surface area contributed by atoms with Gasteiger partial charge in [-0.2, -0.15) is 0 Å². The number of rotatable bonds is 5. The van der Waals surface area contributed by atoms with E-state index in [9.17, 15) is 10.1 Å². The number of benzene rings is 1. The summed E-state index contributed by atoms with van der Waals surface area (Å²) in [5.41, 5.74) is 2.34. The summed E-state index contributed by atoms with van der Waals surface area (Å²) in [6.07, 6.45) is 1.78. The predicted molar refractivity (Wildman–Crippen MR) is 99.4 cm³/mol. The van der Waals surface area contributed by atoms with Crippen LogP contribution in [0, 0.1) is 17.0 Å². The zero-order valence-electron chi connectivity index (χ0n) is 13.7. The third kappa shape index (κ3) is 3.85. The number of imidazole rings is 1. The number of nitrogens with one attached hydrogen (secondary N) is 2. The predicted octanol–water partition coefficient (Wildman–Crippen LogP) is 4.62. The second-order valence-electron chi connectivity index (χ2n) is 5.61. The second-order valence-corrected chi connectivity index (χ2v) is 6.53. The number of H-pyrrole nitrogens is 1. The molecule has 1 atom stereocenters. The second kappa shape index (κ2) is 7.02. The summed E-state index contributed by atoms with van der Waals surface area (Å²) in [4.78, 5) is 22.4. The molecular weight excluding hydrogens is 386 g/mol. The number of anilines is 1. The Bertz CT molecular complexity index is 908. The molecule has 0 aliphatic heterocycles. The number of nitrogens with zero attached hydrogens (tertiary/aromatic N) is 3. The Balaban J connectivity index is 1.76. The van der Waals surface area contributed by atoms with Crippen LogP contribution < -0.4 is 5.32 Å². The van der Waals surface area contributed by atoms with Crippen molar-refractivity contribution in [1.29, 1.82) is 0 Å². The van der Waals surface area contributed by atoms with E-state index in [1.165, 1.54) is 6.07 Å². The lowest BCUT2D eigenvalue weighted by Gasteiger charge is -2.12. The smallest absolute Gasteiger partial charge is 0.290 e. The van der Waals surface area contributed by atoms with Crippen LogP contribution in [0.5, 0.6) is 0 Å². The largest absolute Gasteiger partial charge is 0.360 e. The lowest BCUT2D eigenvalue weighted by molar-refractivity contribution is -0.385. The first-order valence-electron chi connectivity index (χ1n) is 7.63. The number of aromatic nitrogens is 3. The Hall–Kier alpha value is -2.74. The maximum absolute atomic E-state index is 10.9. The minimum Gasteiger partial charge on any atom is -0.360 e. The van der Waals surface area contributed by atoms with Gasteiger partial charge in [0.15, 0.2) is 0 Å². The quantitative estimate of drug-likeness (QED) is 0.479. The monoisotopic (exact) mass is 401 g/mol. The minimum absolute atomic E-state index is 0.00808. The molecule has 0 aliphatic carbocycles. The number of nitro groups is 1. The van der Waals surface area contributed by atoms with Crippen molar-refractivity contribution in [2.75, 3.05) is 5.32 Å². The summed E-state index contributed by atoms with van der Waals surface area (Å²) >= 11 is 3.42. The number of hydrogen-bond donors (Lipinski definition) is 2. The van der Waals surface area contributed by atoms with Gasteiger partial charge in [-0.3, -0.25) is 10.1 Å². The molecule has 0 radical (unpaired) electrons. The number of pyridine rings is 1. The Labute approximate surface area is 152 Å². The molecule has 0 fully saturated rings. The highest BCUT2D eigenvalue weighted by atomic mass is 79.9. The fourth-order valence-corrected chi connectivity index (χ4v) is 2.71. The highest BCUT2D eigenvalue weighted by molar-refractivity contribution is 9.10. The molecule has 25 heavy (non-hydrogen) atoms. The van der Waals surface area contributed by atoms with E-state index < -0.39 is 4.92 Å². The van der Waals surface area contributed by atoms with Crippen molar-refractivity contribution in [3.8, 4) is 11.3 Å². The topological polar surface area (TPSA) is 96.7 Å². The van der Waals surface area contributed by atoms with Crippen LogP contribution in [0.1, 0.15) is 24.5 Å². The van der Waals surface area contributed by atoms with Gasteiger partial charge in [-0.15, -0.1) is 0 Å². The number of aryl methyl sites for hydroxylation is 1. The van der Waals surface area contributed by atoms with Crippen molar-refractivity contribution in [2.24, 2.45) is 0 Å². The molecule has 128 valence electrons. The minimum atomic E-state index is -0.438. The molecule has 0 bridgehead atoms. The third-order valence-electron chi connectivity index (χ3n) is 3.78. The molecule has 7 nitrogen and oxygen atoms in total. The van der Waals surface area contributed by atoms with Crippen LogP contribution in [0.15, 0.2) is 47.1 Å². The van der Waals surface area contributed by atoms with Crippen LogP contribution in [0.4, 0.5) is 11.5 Å². The third-order valence-corrected chi connectivity index (χ3v) is 4.31. The Morgan fingerprint density at radius 1 is 1.24 bits per heavy atom. The summed E-state index contributed by atoms with van der Waals surface area (Å²) in [5.74, 6) is 1.33. The molecule has 3 rings (SSSR count). The first kappa shape index (κ1) is 17.1. The molecule has 3 aromatic rings. The molecule has 2 heterocycles. The summed E-state index contributed by atoms with van der Waals surface area (Å²) in [5, 5.41) is 14.1. The van der Waals surface area contributed by atoms with Gasteiger partial charge >= 0.3 is 0 Å². The van der Waals surface area contributed by atoms with Crippen molar-refractivity contribution in [3.05, 3.63) is 68.7 Å². The zero-order valence-corrected chi connectivity index (χ0v) is 15.2. The molecule has 0 spiro atoms. The van der Waals surface area contributed by atoms with E-state index in [-0.39, 0.29) is 11.7 Å². The highest BCUT2D eigenvalue weighted by Gasteiger charge is 2.15. The van der Waals surface area contributed by atoms with Crippen molar-refractivity contribution in [1.82, 2.24) is 15.0 Å². The highest BCUT2D eigenvalue weighted by Crippen LogP contribution is 2.24. The molecule has 0 saturated carbocycles. The average molecular weight is 402 g/mol. The average Bonchev–Trinajstić information content (AvgIpc) is 3.05. The van der Waals surface area contributed by atoms with E-state index in [1.54, 1.807) is 19.2 Å². The molecule has 0 amide bonds. The normalized spacial score (nSPS) is 12.0. The van der Waals surface area contributed by atoms with Crippen molar-refractivity contribution in [2.45, 2.75) is 19.9 Å². The fraction of sp³-hybridized carbons (Fsp3) is 0.176. The van der Waals surface area contributed by atoms with Gasteiger partial charge in [-0.25, -0.2) is 9.97 Å².